The molecule has 3 heterocycles. The van der Waals surface area contributed by atoms with Crippen molar-refractivity contribution in [2.45, 2.75) is 156 Å². The van der Waals surface area contributed by atoms with Crippen molar-refractivity contribution in [3.05, 3.63) is 59.2 Å². The Kier molecular flexibility index (Phi) is 14.9. The van der Waals surface area contributed by atoms with E-state index in [-0.39, 0.29) is 18.0 Å². The van der Waals surface area contributed by atoms with E-state index in [9.17, 15) is 19.5 Å². The van der Waals surface area contributed by atoms with Crippen LogP contribution in [0.2, 0.25) is 0 Å². The van der Waals surface area contributed by atoms with Crippen molar-refractivity contribution in [3.63, 3.8) is 0 Å². The summed E-state index contributed by atoms with van der Waals surface area (Å²) in [5, 5.41) is 9.79. The standard InChI is InChI=1S/C40H62N2O6/c1-8-9-10-11-12-13-14-15-16-17-18-24-38(2,3)36(46)30-22-25-41-32(30)21-19-20-29(27-33(43)44)34-31(23-26-42-34)35(45)37-39(4,5)28-47-40(6,7)48-37/h10-11,22-23,25-26,29,37,41-42H,8-9,12-21,24,27-28H2,1-7H3,(H,43,44). The van der Waals surface area contributed by atoms with Crippen molar-refractivity contribution < 1.29 is 29.0 Å². The molecule has 2 atom stereocenters. The number of unbranched alkanes of at least 4 members (excludes halogenated alkanes) is 7. The van der Waals surface area contributed by atoms with Crippen LogP contribution in [0.3, 0.4) is 0 Å². The summed E-state index contributed by atoms with van der Waals surface area (Å²) in [6, 6.07) is 3.60. The molecule has 0 radical (unpaired) electrons. The van der Waals surface area contributed by atoms with Crippen molar-refractivity contribution >= 4 is 17.5 Å². The van der Waals surface area contributed by atoms with E-state index in [1.807, 2.05) is 40.0 Å². The highest BCUT2D eigenvalue weighted by Gasteiger charge is 2.46. The second-order valence-electron chi connectivity index (χ2n) is 15.5. The second-order valence-corrected chi connectivity index (χ2v) is 15.5. The van der Waals surface area contributed by atoms with E-state index in [0.29, 0.717) is 37.1 Å². The van der Waals surface area contributed by atoms with E-state index < -0.39 is 34.6 Å². The van der Waals surface area contributed by atoms with Gasteiger partial charge in [-0.25, -0.2) is 0 Å². The van der Waals surface area contributed by atoms with E-state index in [1.165, 1.54) is 44.9 Å². The summed E-state index contributed by atoms with van der Waals surface area (Å²) in [6.07, 6.45) is 20.7. The van der Waals surface area contributed by atoms with Gasteiger partial charge >= 0.3 is 5.97 Å². The maximum absolute atomic E-state index is 13.9. The van der Waals surface area contributed by atoms with E-state index >= 15 is 0 Å². The molecular weight excluding hydrogens is 604 g/mol. The Balaban J connectivity index is 1.56. The SMILES string of the molecule is CCCC=CCCCCCCCCC(C)(C)C(=O)c1cc[nH]c1CCCC(CC(=O)O)c1[nH]ccc1C(=O)C1OC(C)(C)OCC1(C)C. The molecule has 1 fully saturated rings. The van der Waals surface area contributed by atoms with Crippen LogP contribution in [0.15, 0.2) is 36.7 Å². The maximum Gasteiger partial charge on any atom is 0.304 e. The Bertz CT molecular complexity index is 1350. The highest BCUT2D eigenvalue weighted by atomic mass is 16.7. The van der Waals surface area contributed by atoms with E-state index in [2.05, 4.69) is 29.0 Å². The number of ketones is 2. The van der Waals surface area contributed by atoms with Crippen LogP contribution in [-0.2, 0) is 20.7 Å². The molecule has 0 saturated carbocycles. The smallest absolute Gasteiger partial charge is 0.304 e. The topological polar surface area (TPSA) is 121 Å². The van der Waals surface area contributed by atoms with E-state index in [0.717, 1.165) is 30.5 Å². The number of carbonyl (C=O) groups excluding carboxylic acids is 2. The number of aryl methyl sites for hydroxylation is 1. The van der Waals surface area contributed by atoms with Crippen LogP contribution in [0.4, 0.5) is 0 Å². The molecule has 2 aromatic rings. The van der Waals surface area contributed by atoms with Gasteiger partial charge in [-0.2, -0.15) is 0 Å². The van der Waals surface area contributed by atoms with Crippen LogP contribution in [-0.4, -0.2) is 51.1 Å². The number of aromatic nitrogens is 2. The number of H-pyrrole nitrogens is 2. The van der Waals surface area contributed by atoms with Gasteiger partial charge in [0.1, 0.15) is 6.10 Å². The van der Waals surface area contributed by atoms with Gasteiger partial charge in [0.2, 0.25) is 0 Å². The highest BCUT2D eigenvalue weighted by Crippen LogP contribution is 2.38. The number of aliphatic carboxylic acids is 1. The fraction of sp³-hybridized carbons (Fsp3) is 0.675. The Labute approximate surface area is 288 Å². The van der Waals surface area contributed by atoms with Gasteiger partial charge in [-0.3, -0.25) is 14.4 Å². The number of Topliss-reactive ketones (excluding diaryl/α,β-unsaturated/α-hetero) is 2. The lowest BCUT2D eigenvalue weighted by Gasteiger charge is -2.45. The third-order valence-electron chi connectivity index (χ3n) is 9.73. The number of hydrogen-bond donors (Lipinski definition) is 3. The Hall–Kier alpha value is -2.97. The van der Waals surface area contributed by atoms with Gasteiger partial charge in [-0.05, 0) is 70.9 Å². The zero-order valence-electron chi connectivity index (χ0n) is 30.7. The van der Waals surface area contributed by atoms with Crippen LogP contribution in [0.1, 0.15) is 170 Å². The average molecular weight is 667 g/mol. The molecule has 2 aromatic heterocycles. The minimum absolute atomic E-state index is 0.107. The molecule has 0 aromatic carbocycles. The van der Waals surface area contributed by atoms with E-state index in [1.54, 1.807) is 26.1 Å². The first-order chi connectivity index (χ1) is 22.7. The molecule has 3 N–H and O–H groups in total. The number of hydrogen-bond acceptors (Lipinski definition) is 5. The highest BCUT2D eigenvalue weighted by molar-refractivity contribution is 6.02. The van der Waals surface area contributed by atoms with E-state index in [4.69, 9.17) is 9.47 Å². The van der Waals surface area contributed by atoms with Gasteiger partial charge < -0.3 is 24.5 Å². The fourth-order valence-electron chi connectivity index (χ4n) is 6.72. The molecule has 0 aliphatic carbocycles. The van der Waals surface area contributed by atoms with Crippen LogP contribution in [0.25, 0.3) is 0 Å². The first-order valence-electron chi connectivity index (χ1n) is 18.3. The molecule has 0 spiro atoms. The van der Waals surface area contributed by atoms with Crippen molar-refractivity contribution in [3.8, 4) is 0 Å². The summed E-state index contributed by atoms with van der Waals surface area (Å²) in [5.74, 6) is -2.22. The molecule has 3 rings (SSSR count). The molecule has 8 heteroatoms. The lowest BCUT2D eigenvalue weighted by molar-refractivity contribution is -0.298. The molecule has 1 aliphatic heterocycles. The van der Waals surface area contributed by atoms with Crippen LogP contribution >= 0.6 is 0 Å². The lowest BCUT2D eigenvalue weighted by atomic mass is 9.79. The first-order valence-corrected chi connectivity index (χ1v) is 18.3. The average Bonchev–Trinajstić information content (AvgIpc) is 3.70. The first kappa shape index (κ1) is 39.5. The molecular formula is C40H62N2O6. The van der Waals surface area contributed by atoms with Crippen molar-refractivity contribution in [1.29, 1.82) is 0 Å². The number of allylic oxidation sites excluding steroid dienone is 2. The minimum atomic E-state index is -0.922. The normalized spacial score (nSPS) is 18.3. The lowest BCUT2D eigenvalue weighted by Crippen LogP contribution is -2.53. The van der Waals surface area contributed by atoms with Gasteiger partial charge in [0.05, 0.1) is 13.0 Å². The van der Waals surface area contributed by atoms with Crippen LogP contribution in [0.5, 0.6) is 0 Å². The Morgan fingerprint density at radius 1 is 0.938 bits per heavy atom. The summed E-state index contributed by atoms with van der Waals surface area (Å²) in [7, 11) is 0. The van der Waals surface area contributed by atoms with Gasteiger partial charge in [0.15, 0.2) is 17.4 Å². The Morgan fingerprint density at radius 3 is 2.29 bits per heavy atom. The monoisotopic (exact) mass is 666 g/mol. The third-order valence-corrected chi connectivity index (χ3v) is 9.73. The van der Waals surface area contributed by atoms with Crippen molar-refractivity contribution in [2.24, 2.45) is 10.8 Å². The summed E-state index contributed by atoms with van der Waals surface area (Å²) in [5.41, 5.74) is 1.70. The predicted molar refractivity (Wildman–Crippen MR) is 192 cm³/mol. The molecule has 8 nitrogen and oxygen atoms in total. The van der Waals surface area contributed by atoms with Gasteiger partial charge in [-0.1, -0.05) is 85.3 Å². The van der Waals surface area contributed by atoms with Crippen LogP contribution < -0.4 is 0 Å². The largest absolute Gasteiger partial charge is 0.481 e. The van der Waals surface area contributed by atoms with Crippen molar-refractivity contribution in [2.75, 3.05) is 6.61 Å². The summed E-state index contributed by atoms with van der Waals surface area (Å²) in [4.78, 5) is 45.9. The number of carboxylic acid groups (broad SMARTS) is 1. The predicted octanol–water partition coefficient (Wildman–Crippen LogP) is 9.97. The number of nitrogens with one attached hydrogen (secondary N) is 2. The minimum Gasteiger partial charge on any atom is -0.481 e. The molecule has 0 amide bonds. The van der Waals surface area contributed by atoms with Crippen LogP contribution in [0, 0.1) is 10.8 Å². The number of ether oxygens (including phenoxy) is 2. The molecule has 268 valence electrons. The zero-order chi connectivity index (χ0) is 35.4. The third kappa shape index (κ3) is 11.6. The molecule has 2 unspecified atom stereocenters. The number of rotatable bonds is 22. The summed E-state index contributed by atoms with van der Waals surface area (Å²) < 4.78 is 11.9. The maximum atomic E-state index is 13.9. The number of aromatic amines is 2. The summed E-state index contributed by atoms with van der Waals surface area (Å²) >= 11 is 0. The number of carbonyl (C=O) groups is 3. The molecule has 0 bridgehead atoms. The van der Waals surface area contributed by atoms with Gasteiger partial charge in [0.25, 0.3) is 0 Å². The Morgan fingerprint density at radius 2 is 1.58 bits per heavy atom. The van der Waals surface area contributed by atoms with Gasteiger partial charge in [-0.15, -0.1) is 0 Å². The molecule has 48 heavy (non-hydrogen) atoms. The zero-order valence-corrected chi connectivity index (χ0v) is 30.7. The van der Waals surface area contributed by atoms with Crippen molar-refractivity contribution in [1.82, 2.24) is 9.97 Å². The quantitative estimate of drug-likeness (QED) is 0.0653. The molecule has 1 aliphatic rings. The number of carboxylic acids is 1. The fourth-order valence-corrected chi connectivity index (χ4v) is 6.72. The van der Waals surface area contributed by atoms with Gasteiger partial charge in [0, 0.05) is 51.7 Å². The second kappa shape index (κ2) is 18.1. The summed E-state index contributed by atoms with van der Waals surface area (Å²) in [6.45, 7) is 14.2. The molecule has 1 saturated heterocycles.